The van der Waals surface area contributed by atoms with Crippen molar-refractivity contribution >= 4 is 5.97 Å². The van der Waals surface area contributed by atoms with Gasteiger partial charge in [-0.1, -0.05) is 0 Å². The average molecular weight is 191 g/mol. The van der Waals surface area contributed by atoms with Gasteiger partial charge in [0.25, 0.3) is 0 Å². The van der Waals surface area contributed by atoms with Gasteiger partial charge in [0, 0.05) is 6.20 Å². The summed E-state index contributed by atoms with van der Waals surface area (Å²) >= 11 is 0. The third-order valence-corrected chi connectivity index (χ3v) is 1.71. The molecule has 1 atom stereocenters. The van der Waals surface area contributed by atoms with Crippen LogP contribution in [0, 0.1) is 11.3 Å². The largest absolute Gasteiger partial charge is 0.480 e. The van der Waals surface area contributed by atoms with E-state index in [1.165, 1.54) is 12.3 Å². The molecular formula is C9H9N3O2. The predicted octanol–water partition coefficient (Wildman–Crippen LogP) is -0.0923. The molecule has 1 aromatic heterocycles. The van der Waals surface area contributed by atoms with E-state index >= 15 is 0 Å². The van der Waals surface area contributed by atoms with Crippen LogP contribution in [-0.4, -0.2) is 22.1 Å². The molecule has 0 spiro atoms. The maximum Gasteiger partial charge on any atom is 0.320 e. The van der Waals surface area contributed by atoms with Crippen LogP contribution in [0.1, 0.15) is 11.3 Å². The topological polar surface area (TPSA) is 100 Å². The van der Waals surface area contributed by atoms with Crippen LogP contribution in [0.5, 0.6) is 0 Å². The number of carbonyl (C=O) groups is 1. The van der Waals surface area contributed by atoms with Gasteiger partial charge in [-0.2, -0.15) is 5.26 Å². The van der Waals surface area contributed by atoms with Crippen LogP contribution >= 0.6 is 0 Å². The fourth-order valence-electron chi connectivity index (χ4n) is 1.00. The first-order chi connectivity index (χ1) is 6.63. The third kappa shape index (κ3) is 2.54. The Labute approximate surface area is 80.8 Å². The quantitative estimate of drug-likeness (QED) is 0.695. The number of nitrogens with zero attached hydrogens (tertiary/aromatic N) is 2. The van der Waals surface area contributed by atoms with E-state index < -0.39 is 12.0 Å². The standard InChI is InChI=1S/C9H9N3O2/c10-5-7-3-6(1-2-12-7)4-8(11)9(13)14/h1-3,8H,4,11H2,(H,13,14)/t8-/m0/s1. The number of rotatable bonds is 3. The smallest absolute Gasteiger partial charge is 0.320 e. The number of hydrogen-bond donors (Lipinski definition) is 2. The molecule has 14 heavy (non-hydrogen) atoms. The highest BCUT2D eigenvalue weighted by Crippen LogP contribution is 2.03. The van der Waals surface area contributed by atoms with E-state index in [2.05, 4.69) is 4.98 Å². The Bertz CT molecular complexity index is 384. The van der Waals surface area contributed by atoms with E-state index in [0.29, 0.717) is 5.56 Å². The zero-order valence-corrected chi connectivity index (χ0v) is 7.34. The average Bonchev–Trinajstić information content (AvgIpc) is 2.18. The molecule has 0 aliphatic rings. The van der Waals surface area contributed by atoms with E-state index in [-0.39, 0.29) is 12.1 Å². The third-order valence-electron chi connectivity index (χ3n) is 1.71. The predicted molar refractivity (Wildman–Crippen MR) is 48.3 cm³/mol. The Morgan fingerprint density at radius 3 is 3.07 bits per heavy atom. The van der Waals surface area contributed by atoms with Gasteiger partial charge in [-0.3, -0.25) is 4.79 Å². The Balaban J connectivity index is 2.78. The Hall–Kier alpha value is -1.93. The summed E-state index contributed by atoms with van der Waals surface area (Å²) in [6.45, 7) is 0. The number of aliphatic carboxylic acids is 1. The first kappa shape index (κ1) is 10.2. The van der Waals surface area contributed by atoms with Gasteiger partial charge < -0.3 is 10.8 Å². The summed E-state index contributed by atoms with van der Waals surface area (Å²) in [5.74, 6) is -1.06. The Morgan fingerprint density at radius 2 is 2.50 bits per heavy atom. The second-order valence-corrected chi connectivity index (χ2v) is 2.81. The van der Waals surface area contributed by atoms with Crippen molar-refractivity contribution in [2.24, 2.45) is 5.73 Å². The van der Waals surface area contributed by atoms with E-state index in [1.54, 1.807) is 6.07 Å². The maximum atomic E-state index is 10.5. The summed E-state index contributed by atoms with van der Waals surface area (Å²) in [4.78, 5) is 14.2. The number of nitrogens with two attached hydrogens (primary N) is 1. The molecule has 0 saturated heterocycles. The lowest BCUT2D eigenvalue weighted by atomic mass is 10.1. The zero-order valence-electron chi connectivity index (χ0n) is 7.34. The lowest BCUT2D eigenvalue weighted by Gasteiger charge is -2.05. The van der Waals surface area contributed by atoms with Crippen LogP contribution in [-0.2, 0) is 11.2 Å². The van der Waals surface area contributed by atoms with Crippen LogP contribution in [0.4, 0.5) is 0 Å². The molecule has 72 valence electrons. The van der Waals surface area contributed by atoms with E-state index in [9.17, 15) is 4.79 Å². The van der Waals surface area contributed by atoms with Gasteiger partial charge in [0.15, 0.2) is 0 Å². The monoisotopic (exact) mass is 191 g/mol. The summed E-state index contributed by atoms with van der Waals surface area (Å²) in [5, 5.41) is 17.1. The van der Waals surface area contributed by atoms with Crippen LogP contribution in [0.2, 0.25) is 0 Å². The van der Waals surface area contributed by atoms with Gasteiger partial charge in [0.2, 0.25) is 0 Å². The SMILES string of the molecule is N#Cc1cc(C[C@H](N)C(=O)O)ccn1. The number of hydrogen-bond acceptors (Lipinski definition) is 4. The van der Waals surface area contributed by atoms with Crippen molar-refractivity contribution in [3.05, 3.63) is 29.6 Å². The first-order valence-electron chi connectivity index (χ1n) is 3.97. The van der Waals surface area contributed by atoms with Crippen molar-refractivity contribution in [3.63, 3.8) is 0 Å². The van der Waals surface area contributed by atoms with Crippen LogP contribution < -0.4 is 5.73 Å². The summed E-state index contributed by atoms with van der Waals surface area (Å²) in [6, 6.07) is 4.10. The van der Waals surface area contributed by atoms with Crippen LogP contribution in [0.25, 0.3) is 0 Å². The number of nitriles is 1. The number of carboxylic acid groups (broad SMARTS) is 1. The fourth-order valence-corrected chi connectivity index (χ4v) is 1.00. The van der Waals surface area contributed by atoms with Crippen LogP contribution in [0.3, 0.4) is 0 Å². The molecule has 0 saturated carbocycles. The second kappa shape index (κ2) is 4.35. The molecule has 5 nitrogen and oxygen atoms in total. The van der Waals surface area contributed by atoms with Crippen molar-refractivity contribution < 1.29 is 9.90 Å². The van der Waals surface area contributed by atoms with Crippen molar-refractivity contribution in [2.75, 3.05) is 0 Å². The first-order valence-corrected chi connectivity index (χ1v) is 3.97. The maximum absolute atomic E-state index is 10.5. The number of pyridine rings is 1. The van der Waals surface area contributed by atoms with Crippen LogP contribution in [0.15, 0.2) is 18.3 Å². The van der Waals surface area contributed by atoms with Crippen molar-refractivity contribution in [1.82, 2.24) is 4.98 Å². The summed E-state index contributed by atoms with van der Waals surface area (Å²) in [6.07, 6.45) is 1.66. The minimum Gasteiger partial charge on any atom is -0.480 e. The van der Waals surface area contributed by atoms with Gasteiger partial charge in [-0.05, 0) is 24.1 Å². The molecule has 1 rings (SSSR count). The molecular weight excluding hydrogens is 182 g/mol. The highest BCUT2D eigenvalue weighted by molar-refractivity contribution is 5.73. The van der Waals surface area contributed by atoms with Gasteiger partial charge in [-0.15, -0.1) is 0 Å². The second-order valence-electron chi connectivity index (χ2n) is 2.81. The van der Waals surface area contributed by atoms with Gasteiger partial charge in [0.1, 0.15) is 17.8 Å². The normalized spacial score (nSPS) is 11.7. The van der Waals surface area contributed by atoms with Gasteiger partial charge >= 0.3 is 5.97 Å². The summed E-state index contributed by atoms with van der Waals surface area (Å²) in [5.41, 5.74) is 6.30. The zero-order chi connectivity index (χ0) is 10.6. The lowest BCUT2D eigenvalue weighted by molar-refractivity contribution is -0.138. The minimum absolute atomic E-state index is 0.201. The molecule has 0 bridgehead atoms. The molecule has 0 aliphatic carbocycles. The lowest BCUT2D eigenvalue weighted by Crippen LogP contribution is -2.32. The Kier molecular flexibility index (Phi) is 3.15. The van der Waals surface area contributed by atoms with E-state index in [1.807, 2.05) is 6.07 Å². The Morgan fingerprint density at radius 1 is 1.79 bits per heavy atom. The molecule has 1 aromatic rings. The minimum atomic E-state index is -1.06. The molecule has 0 aromatic carbocycles. The molecule has 0 radical (unpaired) electrons. The summed E-state index contributed by atoms with van der Waals surface area (Å²) < 4.78 is 0. The molecule has 0 fully saturated rings. The van der Waals surface area contributed by atoms with E-state index in [0.717, 1.165) is 0 Å². The molecule has 0 unspecified atom stereocenters. The molecule has 1 heterocycles. The van der Waals surface area contributed by atoms with Gasteiger partial charge in [0.05, 0.1) is 0 Å². The fraction of sp³-hybridized carbons (Fsp3) is 0.222. The molecule has 0 aliphatic heterocycles. The highest BCUT2D eigenvalue weighted by Gasteiger charge is 2.12. The molecule has 5 heteroatoms. The van der Waals surface area contributed by atoms with Crippen molar-refractivity contribution in [2.45, 2.75) is 12.5 Å². The number of aromatic nitrogens is 1. The number of carboxylic acids is 1. The molecule has 3 N–H and O–H groups in total. The summed E-state index contributed by atoms with van der Waals surface area (Å²) in [7, 11) is 0. The highest BCUT2D eigenvalue weighted by atomic mass is 16.4. The van der Waals surface area contributed by atoms with Crippen molar-refractivity contribution in [3.8, 4) is 6.07 Å². The van der Waals surface area contributed by atoms with Gasteiger partial charge in [-0.25, -0.2) is 4.98 Å². The van der Waals surface area contributed by atoms with Crippen molar-refractivity contribution in [1.29, 1.82) is 5.26 Å². The molecule has 0 amide bonds. The van der Waals surface area contributed by atoms with E-state index in [4.69, 9.17) is 16.1 Å².